The van der Waals surface area contributed by atoms with E-state index in [0.717, 1.165) is 0 Å². The smallest absolute Gasteiger partial charge is 0.337 e. The first-order chi connectivity index (χ1) is 10.0. The Balaban J connectivity index is 2.17. The number of halogens is 3. The van der Waals surface area contributed by atoms with Crippen LogP contribution >= 0.6 is 27.5 Å². The van der Waals surface area contributed by atoms with Gasteiger partial charge < -0.3 is 10.1 Å². The van der Waals surface area contributed by atoms with E-state index in [0.29, 0.717) is 26.3 Å². The molecule has 2 aromatic rings. The van der Waals surface area contributed by atoms with E-state index in [-0.39, 0.29) is 12.4 Å². The fraction of sp³-hybridized carbons (Fsp3) is 0.133. The van der Waals surface area contributed by atoms with Gasteiger partial charge in [0, 0.05) is 16.6 Å². The summed E-state index contributed by atoms with van der Waals surface area (Å²) in [5.41, 5.74) is 1.42. The Kier molecular flexibility index (Phi) is 5.20. The molecule has 0 saturated carbocycles. The van der Waals surface area contributed by atoms with Crippen molar-refractivity contribution in [2.24, 2.45) is 0 Å². The van der Waals surface area contributed by atoms with Gasteiger partial charge in [0.25, 0.3) is 0 Å². The number of esters is 1. The highest BCUT2D eigenvalue weighted by Crippen LogP contribution is 2.25. The Morgan fingerprint density at radius 1 is 1.33 bits per heavy atom. The molecule has 0 bridgehead atoms. The molecule has 110 valence electrons. The highest BCUT2D eigenvalue weighted by Gasteiger charge is 2.09. The van der Waals surface area contributed by atoms with E-state index in [4.69, 9.17) is 11.6 Å². The maximum atomic E-state index is 13.7. The number of ether oxygens (including phenoxy) is 1. The van der Waals surface area contributed by atoms with Crippen LogP contribution in [0.5, 0.6) is 0 Å². The molecule has 0 aliphatic carbocycles. The minimum Gasteiger partial charge on any atom is -0.465 e. The highest BCUT2D eigenvalue weighted by atomic mass is 79.9. The summed E-state index contributed by atoms with van der Waals surface area (Å²) in [6, 6.07) is 9.55. The van der Waals surface area contributed by atoms with E-state index < -0.39 is 5.97 Å². The Hall–Kier alpha value is -1.59. The second-order valence-electron chi connectivity index (χ2n) is 4.28. The van der Waals surface area contributed by atoms with Crippen molar-refractivity contribution in [2.75, 3.05) is 12.4 Å². The molecule has 0 radical (unpaired) electrons. The minimum absolute atomic E-state index is 0.253. The van der Waals surface area contributed by atoms with Crippen molar-refractivity contribution in [3.05, 3.63) is 62.8 Å². The number of anilines is 1. The number of hydrogen-bond donors (Lipinski definition) is 1. The van der Waals surface area contributed by atoms with Crippen LogP contribution in [0, 0.1) is 5.82 Å². The van der Waals surface area contributed by atoms with Gasteiger partial charge in [-0.3, -0.25) is 0 Å². The molecule has 0 atom stereocenters. The summed E-state index contributed by atoms with van der Waals surface area (Å²) in [6.45, 7) is 0.253. The molecule has 0 spiro atoms. The standard InChI is InChI=1S/C15H12BrClFNO2/c1-21-15(20)9-3-5-12(17)14(6-9)19-8-10-2-4-11(16)7-13(10)18/h2-7,19H,8H2,1H3. The molecule has 0 fully saturated rings. The quantitative estimate of drug-likeness (QED) is 0.795. The number of carbonyl (C=O) groups is 1. The van der Waals surface area contributed by atoms with Crippen molar-refractivity contribution in [1.82, 2.24) is 0 Å². The first-order valence-corrected chi connectivity index (χ1v) is 7.24. The summed E-state index contributed by atoms with van der Waals surface area (Å²) < 4.78 is 19.1. The average molecular weight is 373 g/mol. The zero-order valence-corrected chi connectivity index (χ0v) is 13.5. The van der Waals surface area contributed by atoms with Crippen LogP contribution in [0.1, 0.15) is 15.9 Å². The van der Waals surface area contributed by atoms with Gasteiger partial charge in [0.15, 0.2) is 0 Å². The third-order valence-electron chi connectivity index (χ3n) is 2.87. The molecule has 6 heteroatoms. The molecular weight excluding hydrogens is 361 g/mol. The van der Waals surface area contributed by atoms with E-state index in [1.54, 1.807) is 30.3 Å². The normalized spacial score (nSPS) is 10.3. The fourth-order valence-corrected chi connectivity index (χ4v) is 2.28. The number of nitrogens with one attached hydrogen (secondary N) is 1. The van der Waals surface area contributed by atoms with Crippen LogP contribution in [0.4, 0.5) is 10.1 Å². The van der Waals surface area contributed by atoms with Gasteiger partial charge in [-0.15, -0.1) is 0 Å². The summed E-state index contributed by atoms with van der Waals surface area (Å²) in [5.74, 6) is -0.776. The van der Waals surface area contributed by atoms with Crippen molar-refractivity contribution < 1.29 is 13.9 Å². The predicted molar refractivity (Wildman–Crippen MR) is 84.2 cm³/mol. The van der Waals surface area contributed by atoms with Crippen LogP contribution in [0.15, 0.2) is 40.9 Å². The Morgan fingerprint density at radius 3 is 2.76 bits per heavy atom. The zero-order valence-electron chi connectivity index (χ0n) is 11.1. The first-order valence-electron chi connectivity index (χ1n) is 6.07. The molecule has 0 aliphatic rings. The van der Waals surface area contributed by atoms with E-state index in [2.05, 4.69) is 26.0 Å². The number of benzene rings is 2. The lowest BCUT2D eigenvalue weighted by Crippen LogP contribution is -2.05. The van der Waals surface area contributed by atoms with Crippen LogP contribution in [0.3, 0.4) is 0 Å². The zero-order chi connectivity index (χ0) is 15.4. The third-order valence-corrected chi connectivity index (χ3v) is 3.69. The molecule has 0 saturated heterocycles. The Labute approximate surface area is 135 Å². The van der Waals surface area contributed by atoms with Crippen LogP contribution in [-0.4, -0.2) is 13.1 Å². The van der Waals surface area contributed by atoms with Gasteiger partial charge in [-0.1, -0.05) is 33.6 Å². The molecule has 1 N–H and O–H groups in total. The Morgan fingerprint density at radius 2 is 2.10 bits per heavy atom. The number of methoxy groups -OCH3 is 1. The highest BCUT2D eigenvalue weighted by molar-refractivity contribution is 9.10. The summed E-state index contributed by atoms with van der Waals surface area (Å²) in [6.07, 6.45) is 0. The number of hydrogen-bond acceptors (Lipinski definition) is 3. The third kappa shape index (κ3) is 3.95. The summed E-state index contributed by atoms with van der Waals surface area (Å²) in [5, 5.41) is 3.46. The van der Waals surface area contributed by atoms with Gasteiger partial charge in [0.2, 0.25) is 0 Å². The van der Waals surface area contributed by atoms with Crippen molar-refractivity contribution in [2.45, 2.75) is 6.54 Å². The topological polar surface area (TPSA) is 38.3 Å². The second kappa shape index (κ2) is 6.91. The van der Waals surface area contributed by atoms with Gasteiger partial charge in [-0.05, 0) is 30.3 Å². The number of carbonyl (C=O) groups excluding carboxylic acids is 1. The molecule has 0 aromatic heterocycles. The maximum Gasteiger partial charge on any atom is 0.337 e. The van der Waals surface area contributed by atoms with Crippen molar-refractivity contribution >= 4 is 39.2 Å². The van der Waals surface area contributed by atoms with Gasteiger partial charge >= 0.3 is 5.97 Å². The molecule has 0 amide bonds. The van der Waals surface area contributed by atoms with Crippen LogP contribution in [-0.2, 0) is 11.3 Å². The SMILES string of the molecule is COC(=O)c1ccc(Cl)c(NCc2ccc(Br)cc2F)c1. The average Bonchev–Trinajstić information content (AvgIpc) is 2.47. The maximum absolute atomic E-state index is 13.7. The minimum atomic E-state index is -0.454. The molecule has 2 aromatic carbocycles. The van der Waals surface area contributed by atoms with Gasteiger partial charge in [-0.2, -0.15) is 0 Å². The predicted octanol–water partition coefficient (Wildman–Crippen LogP) is 4.64. The molecule has 0 unspecified atom stereocenters. The lowest BCUT2D eigenvalue weighted by molar-refractivity contribution is 0.0601. The largest absolute Gasteiger partial charge is 0.465 e. The molecule has 0 aliphatic heterocycles. The lowest BCUT2D eigenvalue weighted by atomic mass is 10.1. The molecule has 21 heavy (non-hydrogen) atoms. The summed E-state index contributed by atoms with van der Waals surface area (Å²) in [4.78, 5) is 11.5. The molecule has 3 nitrogen and oxygen atoms in total. The van der Waals surface area contributed by atoms with Crippen molar-refractivity contribution in [3.63, 3.8) is 0 Å². The lowest BCUT2D eigenvalue weighted by Gasteiger charge is -2.11. The van der Waals surface area contributed by atoms with Gasteiger partial charge in [-0.25, -0.2) is 9.18 Å². The van der Waals surface area contributed by atoms with Gasteiger partial charge in [0.05, 0.1) is 23.4 Å². The molecular formula is C15H12BrClFNO2. The number of rotatable bonds is 4. The fourth-order valence-electron chi connectivity index (χ4n) is 1.76. The second-order valence-corrected chi connectivity index (χ2v) is 5.60. The Bertz CT molecular complexity index is 679. The van der Waals surface area contributed by atoms with E-state index in [1.807, 2.05) is 0 Å². The van der Waals surface area contributed by atoms with E-state index >= 15 is 0 Å². The molecule has 0 heterocycles. The summed E-state index contributed by atoms with van der Waals surface area (Å²) in [7, 11) is 1.31. The van der Waals surface area contributed by atoms with Crippen molar-refractivity contribution in [3.8, 4) is 0 Å². The molecule has 2 rings (SSSR count). The van der Waals surface area contributed by atoms with E-state index in [1.165, 1.54) is 13.2 Å². The van der Waals surface area contributed by atoms with Crippen LogP contribution < -0.4 is 5.32 Å². The summed E-state index contributed by atoms with van der Waals surface area (Å²) >= 11 is 9.26. The van der Waals surface area contributed by atoms with Crippen LogP contribution in [0.25, 0.3) is 0 Å². The van der Waals surface area contributed by atoms with E-state index in [9.17, 15) is 9.18 Å². The van der Waals surface area contributed by atoms with Gasteiger partial charge in [0.1, 0.15) is 5.82 Å². The first kappa shape index (κ1) is 15.8. The van der Waals surface area contributed by atoms with Crippen LogP contribution in [0.2, 0.25) is 5.02 Å². The monoisotopic (exact) mass is 371 g/mol. The van der Waals surface area contributed by atoms with Crippen molar-refractivity contribution in [1.29, 1.82) is 0 Å².